The SMILES string of the molecule is Cc1cc(OC2CCCC2)cc(C(=O)NC(C)c2ncnn2-c2ccc(C#N)cn2)c1. The fourth-order valence-corrected chi connectivity index (χ4v) is 3.79. The van der Waals surface area contributed by atoms with Crippen LogP contribution in [-0.4, -0.2) is 31.8 Å². The van der Waals surface area contributed by atoms with Gasteiger partial charge < -0.3 is 10.1 Å². The molecule has 1 aromatic carbocycles. The summed E-state index contributed by atoms with van der Waals surface area (Å²) in [4.78, 5) is 21.5. The van der Waals surface area contributed by atoms with Crippen molar-refractivity contribution < 1.29 is 9.53 Å². The van der Waals surface area contributed by atoms with Crippen LogP contribution in [0.25, 0.3) is 5.82 Å². The van der Waals surface area contributed by atoms with E-state index in [1.54, 1.807) is 22.9 Å². The van der Waals surface area contributed by atoms with Gasteiger partial charge in [0.1, 0.15) is 18.1 Å². The second-order valence-electron chi connectivity index (χ2n) is 7.80. The van der Waals surface area contributed by atoms with Crippen molar-refractivity contribution in [2.75, 3.05) is 0 Å². The number of ether oxygens (including phenoxy) is 1. The van der Waals surface area contributed by atoms with Crippen LogP contribution in [0.5, 0.6) is 5.75 Å². The smallest absolute Gasteiger partial charge is 0.252 e. The van der Waals surface area contributed by atoms with E-state index < -0.39 is 6.04 Å². The van der Waals surface area contributed by atoms with Crippen LogP contribution in [0.2, 0.25) is 0 Å². The number of nitrogens with zero attached hydrogens (tertiary/aromatic N) is 5. The number of hydrogen-bond donors (Lipinski definition) is 1. The van der Waals surface area contributed by atoms with Crippen molar-refractivity contribution in [2.45, 2.75) is 51.7 Å². The molecule has 2 heterocycles. The van der Waals surface area contributed by atoms with E-state index in [4.69, 9.17) is 10.00 Å². The van der Waals surface area contributed by atoms with E-state index in [9.17, 15) is 4.79 Å². The molecule has 4 rings (SSSR count). The van der Waals surface area contributed by atoms with Crippen LogP contribution in [0.3, 0.4) is 0 Å². The Hall–Kier alpha value is -3.73. The number of nitriles is 1. The van der Waals surface area contributed by atoms with Gasteiger partial charge in [0.15, 0.2) is 11.6 Å². The number of benzene rings is 1. The molecule has 1 aliphatic rings. The molecule has 3 aromatic rings. The topological polar surface area (TPSA) is 106 Å². The average molecular weight is 416 g/mol. The first kappa shape index (κ1) is 20.5. The van der Waals surface area contributed by atoms with E-state index >= 15 is 0 Å². The molecule has 1 amide bonds. The van der Waals surface area contributed by atoms with Gasteiger partial charge in [-0.3, -0.25) is 4.79 Å². The maximum Gasteiger partial charge on any atom is 0.252 e. The van der Waals surface area contributed by atoms with Crippen molar-refractivity contribution in [3.63, 3.8) is 0 Å². The zero-order valence-corrected chi connectivity index (χ0v) is 17.6. The fraction of sp³-hybridized carbons (Fsp3) is 0.348. The molecular weight excluding hydrogens is 392 g/mol. The number of amides is 1. The molecular formula is C23H24N6O2. The Bertz CT molecular complexity index is 1110. The normalized spacial score (nSPS) is 14.7. The first-order valence-electron chi connectivity index (χ1n) is 10.4. The van der Waals surface area contributed by atoms with E-state index in [0.29, 0.717) is 22.8 Å². The zero-order chi connectivity index (χ0) is 21.8. The molecule has 31 heavy (non-hydrogen) atoms. The minimum Gasteiger partial charge on any atom is -0.490 e. The molecule has 0 radical (unpaired) electrons. The van der Waals surface area contributed by atoms with Gasteiger partial charge in [-0.05, 0) is 75.4 Å². The molecule has 1 unspecified atom stereocenters. The van der Waals surface area contributed by atoms with Crippen LogP contribution in [-0.2, 0) is 0 Å². The fourth-order valence-electron chi connectivity index (χ4n) is 3.79. The molecule has 1 N–H and O–H groups in total. The van der Waals surface area contributed by atoms with Gasteiger partial charge in [-0.15, -0.1) is 0 Å². The highest BCUT2D eigenvalue weighted by atomic mass is 16.5. The summed E-state index contributed by atoms with van der Waals surface area (Å²) >= 11 is 0. The Kier molecular flexibility index (Phi) is 5.94. The van der Waals surface area contributed by atoms with Crippen molar-refractivity contribution in [3.05, 3.63) is 65.4 Å². The minimum absolute atomic E-state index is 0.213. The highest BCUT2D eigenvalue weighted by Gasteiger charge is 2.20. The number of carbonyl (C=O) groups is 1. The second kappa shape index (κ2) is 8.96. The maximum absolute atomic E-state index is 12.9. The van der Waals surface area contributed by atoms with E-state index in [1.807, 2.05) is 32.0 Å². The van der Waals surface area contributed by atoms with Crippen LogP contribution in [0.1, 0.15) is 66.0 Å². The predicted molar refractivity (Wildman–Crippen MR) is 114 cm³/mol. The summed E-state index contributed by atoms with van der Waals surface area (Å²) in [5.74, 6) is 1.58. The third kappa shape index (κ3) is 4.72. The number of rotatable bonds is 6. The van der Waals surface area contributed by atoms with Gasteiger partial charge in [-0.25, -0.2) is 9.97 Å². The summed E-state index contributed by atoms with van der Waals surface area (Å²) < 4.78 is 7.63. The number of nitrogens with one attached hydrogen (secondary N) is 1. The molecule has 2 aromatic heterocycles. The van der Waals surface area contributed by atoms with Gasteiger partial charge in [-0.1, -0.05) is 0 Å². The lowest BCUT2D eigenvalue weighted by molar-refractivity contribution is 0.0937. The number of aromatic nitrogens is 4. The van der Waals surface area contributed by atoms with Crippen molar-refractivity contribution in [1.29, 1.82) is 5.26 Å². The molecule has 1 aliphatic carbocycles. The van der Waals surface area contributed by atoms with Crippen LogP contribution < -0.4 is 10.1 Å². The highest BCUT2D eigenvalue weighted by Crippen LogP contribution is 2.26. The van der Waals surface area contributed by atoms with E-state index in [0.717, 1.165) is 24.2 Å². The first-order chi connectivity index (χ1) is 15.0. The van der Waals surface area contributed by atoms with Gasteiger partial charge in [0.2, 0.25) is 0 Å². The molecule has 0 bridgehead atoms. The molecule has 1 atom stereocenters. The Morgan fingerprint density at radius 3 is 2.77 bits per heavy atom. The summed E-state index contributed by atoms with van der Waals surface area (Å²) in [6.07, 6.45) is 7.62. The molecule has 158 valence electrons. The van der Waals surface area contributed by atoms with Gasteiger partial charge in [0.05, 0.1) is 17.7 Å². The van der Waals surface area contributed by atoms with E-state index in [2.05, 4.69) is 20.4 Å². The summed E-state index contributed by atoms with van der Waals surface area (Å²) in [6, 6.07) is 10.6. The van der Waals surface area contributed by atoms with Crippen LogP contribution in [0.15, 0.2) is 42.9 Å². The molecule has 1 saturated carbocycles. The Balaban J connectivity index is 1.50. The molecule has 8 heteroatoms. The van der Waals surface area contributed by atoms with Gasteiger partial charge in [0.25, 0.3) is 5.91 Å². The van der Waals surface area contributed by atoms with Crippen molar-refractivity contribution in [1.82, 2.24) is 25.1 Å². The van der Waals surface area contributed by atoms with Crippen LogP contribution >= 0.6 is 0 Å². The quantitative estimate of drug-likeness (QED) is 0.657. The molecule has 0 saturated heterocycles. The number of carbonyl (C=O) groups excluding carboxylic acids is 1. The monoisotopic (exact) mass is 416 g/mol. The van der Waals surface area contributed by atoms with E-state index in [-0.39, 0.29) is 12.0 Å². The van der Waals surface area contributed by atoms with Crippen molar-refractivity contribution in [2.24, 2.45) is 0 Å². The third-order valence-corrected chi connectivity index (χ3v) is 5.32. The molecule has 0 spiro atoms. The van der Waals surface area contributed by atoms with Gasteiger partial charge in [0, 0.05) is 11.8 Å². The Morgan fingerprint density at radius 2 is 2.06 bits per heavy atom. The zero-order valence-electron chi connectivity index (χ0n) is 17.6. The lowest BCUT2D eigenvalue weighted by Crippen LogP contribution is -2.29. The minimum atomic E-state index is -0.410. The second-order valence-corrected chi connectivity index (χ2v) is 7.80. The lowest BCUT2D eigenvalue weighted by Gasteiger charge is -2.17. The number of pyridine rings is 1. The summed E-state index contributed by atoms with van der Waals surface area (Å²) in [7, 11) is 0. The number of hydrogen-bond acceptors (Lipinski definition) is 6. The average Bonchev–Trinajstić information content (AvgIpc) is 3.45. The molecule has 8 nitrogen and oxygen atoms in total. The van der Waals surface area contributed by atoms with Crippen LogP contribution in [0, 0.1) is 18.3 Å². The van der Waals surface area contributed by atoms with Gasteiger partial charge >= 0.3 is 0 Å². The van der Waals surface area contributed by atoms with Crippen LogP contribution in [0.4, 0.5) is 0 Å². The van der Waals surface area contributed by atoms with Crippen molar-refractivity contribution >= 4 is 5.91 Å². The van der Waals surface area contributed by atoms with E-state index in [1.165, 1.54) is 25.4 Å². The summed E-state index contributed by atoms with van der Waals surface area (Å²) in [5.41, 5.74) is 1.97. The largest absolute Gasteiger partial charge is 0.490 e. The first-order valence-corrected chi connectivity index (χ1v) is 10.4. The maximum atomic E-state index is 12.9. The number of aryl methyl sites for hydroxylation is 1. The van der Waals surface area contributed by atoms with Crippen molar-refractivity contribution in [3.8, 4) is 17.6 Å². The standard InChI is InChI=1S/C23H24N6O2/c1-15-9-18(11-20(10-15)31-19-5-3-4-6-19)23(30)28-16(2)22-26-14-27-29(22)21-8-7-17(12-24)13-25-21/h7-11,13-14,16,19H,3-6H2,1-2H3,(H,28,30). The molecule has 0 aliphatic heterocycles. The summed E-state index contributed by atoms with van der Waals surface area (Å²) in [5, 5.41) is 16.1. The summed E-state index contributed by atoms with van der Waals surface area (Å²) in [6.45, 7) is 3.79. The third-order valence-electron chi connectivity index (χ3n) is 5.32. The Morgan fingerprint density at radius 1 is 1.26 bits per heavy atom. The Labute approximate surface area is 180 Å². The highest BCUT2D eigenvalue weighted by molar-refractivity contribution is 5.95. The molecule has 1 fully saturated rings. The lowest BCUT2D eigenvalue weighted by atomic mass is 10.1. The van der Waals surface area contributed by atoms with Gasteiger partial charge in [-0.2, -0.15) is 15.0 Å². The predicted octanol–water partition coefficient (Wildman–Crippen LogP) is 3.65.